The van der Waals surface area contributed by atoms with E-state index < -0.39 is 18.0 Å². The van der Waals surface area contributed by atoms with E-state index in [1.807, 2.05) is 30.3 Å². The fraction of sp³-hybridized carbons (Fsp3) is 0.421. The Labute approximate surface area is 146 Å². The standard InChI is InChI=1S/C19H23NO5/c1-24-16-7-6-12(18-13(16)4-3-5-17(18)25-2)10-20-9-8-15(21)14(11-20)19(22)23/h3-7,14-15,21H,8-11H2,1-2H3,(H,22,23)/t14-,15+/m0/s1. The summed E-state index contributed by atoms with van der Waals surface area (Å²) in [4.78, 5) is 13.4. The first-order chi connectivity index (χ1) is 12.0. The van der Waals surface area contributed by atoms with Gasteiger partial charge in [-0.1, -0.05) is 18.2 Å². The molecule has 0 unspecified atom stereocenters. The molecular weight excluding hydrogens is 322 g/mol. The smallest absolute Gasteiger partial charge is 0.310 e. The average Bonchev–Trinajstić information content (AvgIpc) is 2.62. The number of methoxy groups -OCH3 is 2. The maximum Gasteiger partial charge on any atom is 0.310 e. The number of carboxylic acids is 1. The number of hydrogen-bond donors (Lipinski definition) is 2. The van der Waals surface area contributed by atoms with Crippen molar-refractivity contribution in [3.05, 3.63) is 35.9 Å². The van der Waals surface area contributed by atoms with Crippen LogP contribution in [0.1, 0.15) is 12.0 Å². The molecule has 0 bridgehead atoms. The first-order valence-electron chi connectivity index (χ1n) is 8.31. The molecule has 6 nitrogen and oxygen atoms in total. The number of rotatable bonds is 5. The summed E-state index contributed by atoms with van der Waals surface area (Å²) in [6, 6.07) is 9.73. The van der Waals surface area contributed by atoms with Crippen LogP contribution in [0.15, 0.2) is 30.3 Å². The zero-order valence-corrected chi connectivity index (χ0v) is 14.4. The molecule has 1 aliphatic heterocycles. The number of nitrogens with zero attached hydrogens (tertiary/aromatic N) is 1. The molecule has 2 N–H and O–H groups in total. The number of ether oxygens (including phenoxy) is 2. The highest BCUT2D eigenvalue weighted by molar-refractivity contribution is 5.95. The molecule has 2 aromatic carbocycles. The van der Waals surface area contributed by atoms with E-state index in [4.69, 9.17) is 9.47 Å². The third-order valence-electron chi connectivity index (χ3n) is 4.86. The maximum atomic E-state index is 11.3. The van der Waals surface area contributed by atoms with E-state index in [-0.39, 0.29) is 0 Å². The van der Waals surface area contributed by atoms with Gasteiger partial charge < -0.3 is 19.7 Å². The third kappa shape index (κ3) is 3.41. The number of likely N-dealkylation sites (tertiary alicyclic amines) is 1. The first-order valence-corrected chi connectivity index (χ1v) is 8.31. The van der Waals surface area contributed by atoms with Crippen molar-refractivity contribution in [3.63, 3.8) is 0 Å². The van der Waals surface area contributed by atoms with Crippen LogP contribution in [0.3, 0.4) is 0 Å². The van der Waals surface area contributed by atoms with Crippen molar-refractivity contribution in [3.8, 4) is 11.5 Å². The normalized spacial score (nSPS) is 21.2. The Bertz CT molecular complexity index is 776. The van der Waals surface area contributed by atoms with Crippen LogP contribution in [0, 0.1) is 5.92 Å². The van der Waals surface area contributed by atoms with E-state index in [9.17, 15) is 15.0 Å². The van der Waals surface area contributed by atoms with Gasteiger partial charge in [0.1, 0.15) is 11.5 Å². The highest BCUT2D eigenvalue weighted by atomic mass is 16.5. The molecule has 1 aliphatic rings. The van der Waals surface area contributed by atoms with E-state index in [2.05, 4.69) is 4.90 Å². The zero-order valence-electron chi connectivity index (χ0n) is 14.4. The minimum Gasteiger partial charge on any atom is -0.496 e. The van der Waals surface area contributed by atoms with Gasteiger partial charge in [0.15, 0.2) is 0 Å². The van der Waals surface area contributed by atoms with Gasteiger partial charge in [0.25, 0.3) is 0 Å². The Hall–Kier alpha value is -2.31. The number of aliphatic carboxylic acids is 1. The number of benzene rings is 2. The van der Waals surface area contributed by atoms with Gasteiger partial charge in [-0.25, -0.2) is 0 Å². The van der Waals surface area contributed by atoms with Crippen LogP contribution in [0.2, 0.25) is 0 Å². The molecule has 1 fully saturated rings. The topological polar surface area (TPSA) is 79.2 Å². The SMILES string of the molecule is COc1ccc(CN2CC[C@@H](O)[C@@H](C(=O)O)C2)c2c(OC)cccc12. The number of hydrogen-bond acceptors (Lipinski definition) is 5. The molecule has 0 amide bonds. The first kappa shape index (κ1) is 17.5. The minimum atomic E-state index is -0.950. The van der Waals surface area contributed by atoms with Crippen molar-refractivity contribution in [1.29, 1.82) is 0 Å². The number of carboxylic acid groups (broad SMARTS) is 1. The molecule has 0 radical (unpaired) electrons. The molecule has 3 rings (SSSR count). The molecule has 0 aliphatic carbocycles. The molecule has 2 atom stereocenters. The lowest BCUT2D eigenvalue weighted by Crippen LogP contribution is -2.46. The molecule has 0 spiro atoms. The Balaban J connectivity index is 1.95. The van der Waals surface area contributed by atoms with Crippen LogP contribution < -0.4 is 9.47 Å². The predicted molar refractivity (Wildman–Crippen MR) is 94.1 cm³/mol. The summed E-state index contributed by atoms with van der Waals surface area (Å²) < 4.78 is 11.0. The molecule has 1 saturated heterocycles. The van der Waals surface area contributed by atoms with Gasteiger partial charge in [0, 0.05) is 30.4 Å². The van der Waals surface area contributed by atoms with Crippen LogP contribution >= 0.6 is 0 Å². The summed E-state index contributed by atoms with van der Waals surface area (Å²) in [6.07, 6.45) is -0.321. The second kappa shape index (κ2) is 7.29. The summed E-state index contributed by atoms with van der Waals surface area (Å²) in [7, 11) is 3.27. The quantitative estimate of drug-likeness (QED) is 0.864. The predicted octanol–water partition coefficient (Wildman–Crippen LogP) is 2.12. The molecular formula is C19H23NO5. The fourth-order valence-corrected chi connectivity index (χ4v) is 3.53. The van der Waals surface area contributed by atoms with Crippen molar-refractivity contribution in [2.75, 3.05) is 27.3 Å². The van der Waals surface area contributed by atoms with Gasteiger partial charge >= 0.3 is 5.97 Å². The Kier molecular flexibility index (Phi) is 5.11. The van der Waals surface area contributed by atoms with Crippen molar-refractivity contribution in [2.45, 2.75) is 19.1 Å². The summed E-state index contributed by atoms with van der Waals surface area (Å²) >= 11 is 0. The van der Waals surface area contributed by atoms with E-state index in [0.717, 1.165) is 27.8 Å². The summed E-state index contributed by atoms with van der Waals surface area (Å²) in [5.41, 5.74) is 1.05. The number of aliphatic hydroxyl groups is 1. The number of aliphatic hydroxyl groups excluding tert-OH is 1. The van der Waals surface area contributed by atoms with E-state index in [1.165, 1.54) is 0 Å². The number of fused-ring (bicyclic) bond motifs is 1. The van der Waals surface area contributed by atoms with Crippen LogP contribution in [0.25, 0.3) is 10.8 Å². The van der Waals surface area contributed by atoms with Crippen molar-refractivity contribution < 1.29 is 24.5 Å². The Morgan fingerprint density at radius 3 is 2.64 bits per heavy atom. The molecule has 0 aromatic heterocycles. The molecule has 0 saturated carbocycles. The highest BCUT2D eigenvalue weighted by Gasteiger charge is 2.33. The molecule has 6 heteroatoms. The number of carbonyl (C=O) groups is 1. The summed E-state index contributed by atoms with van der Waals surface area (Å²) in [6.45, 7) is 1.59. The van der Waals surface area contributed by atoms with Crippen LogP contribution in [0.4, 0.5) is 0 Å². The van der Waals surface area contributed by atoms with Crippen molar-refractivity contribution in [1.82, 2.24) is 4.90 Å². The van der Waals surface area contributed by atoms with Crippen LogP contribution in [0.5, 0.6) is 11.5 Å². The molecule has 2 aromatic rings. The maximum absolute atomic E-state index is 11.3. The van der Waals surface area contributed by atoms with Crippen LogP contribution in [-0.2, 0) is 11.3 Å². The molecule has 134 valence electrons. The summed E-state index contributed by atoms with van der Waals surface area (Å²) in [5, 5.41) is 21.1. The Morgan fingerprint density at radius 1 is 1.20 bits per heavy atom. The van der Waals surface area contributed by atoms with E-state index in [1.54, 1.807) is 14.2 Å². The van der Waals surface area contributed by atoms with Crippen LogP contribution in [-0.4, -0.2) is 54.5 Å². The lowest BCUT2D eigenvalue weighted by Gasteiger charge is -2.34. The lowest BCUT2D eigenvalue weighted by molar-refractivity contribution is -0.149. The van der Waals surface area contributed by atoms with E-state index in [0.29, 0.717) is 26.1 Å². The lowest BCUT2D eigenvalue weighted by atomic mass is 9.94. The summed E-state index contributed by atoms with van der Waals surface area (Å²) in [5.74, 6) is -0.164. The monoisotopic (exact) mass is 345 g/mol. The fourth-order valence-electron chi connectivity index (χ4n) is 3.53. The Morgan fingerprint density at radius 2 is 1.96 bits per heavy atom. The average molecular weight is 345 g/mol. The molecule has 1 heterocycles. The van der Waals surface area contributed by atoms with Gasteiger partial charge in [-0.15, -0.1) is 0 Å². The second-order valence-electron chi connectivity index (χ2n) is 6.35. The van der Waals surface area contributed by atoms with E-state index >= 15 is 0 Å². The van der Waals surface area contributed by atoms with Gasteiger partial charge in [-0.3, -0.25) is 9.69 Å². The van der Waals surface area contributed by atoms with Gasteiger partial charge in [-0.05, 0) is 24.1 Å². The van der Waals surface area contributed by atoms with Gasteiger partial charge in [0.2, 0.25) is 0 Å². The largest absolute Gasteiger partial charge is 0.496 e. The minimum absolute atomic E-state index is 0.333. The number of piperidine rings is 1. The second-order valence-corrected chi connectivity index (χ2v) is 6.35. The van der Waals surface area contributed by atoms with Gasteiger partial charge in [-0.2, -0.15) is 0 Å². The van der Waals surface area contributed by atoms with Gasteiger partial charge in [0.05, 0.1) is 26.2 Å². The highest BCUT2D eigenvalue weighted by Crippen LogP contribution is 2.36. The van der Waals surface area contributed by atoms with Crippen molar-refractivity contribution in [2.24, 2.45) is 5.92 Å². The van der Waals surface area contributed by atoms with Crippen molar-refractivity contribution >= 4 is 16.7 Å². The molecule has 25 heavy (non-hydrogen) atoms. The third-order valence-corrected chi connectivity index (χ3v) is 4.86. The zero-order chi connectivity index (χ0) is 18.0.